The highest BCUT2D eigenvalue weighted by Crippen LogP contribution is 2.33. The summed E-state index contributed by atoms with van der Waals surface area (Å²) in [6.45, 7) is 1.60. The predicted molar refractivity (Wildman–Crippen MR) is 101 cm³/mol. The van der Waals surface area contributed by atoms with Crippen molar-refractivity contribution in [3.05, 3.63) is 54.0 Å². The first-order valence-electron chi connectivity index (χ1n) is 9.69. The van der Waals surface area contributed by atoms with Gasteiger partial charge >= 0.3 is 6.18 Å². The van der Waals surface area contributed by atoms with Crippen molar-refractivity contribution in [1.29, 1.82) is 0 Å². The Bertz CT molecular complexity index is 775. The van der Waals surface area contributed by atoms with Crippen molar-refractivity contribution in [1.82, 2.24) is 9.80 Å². The van der Waals surface area contributed by atoms with Crippen molar-refractivity contribution in [2.45, 2.75) is 38.5 Å². The second-order valence-corrected chi connectivity index (χ2v) is 7.07. The maximum Gasteiger partial charge on any atom is 0.406 e. The standard InChI is InChI=1S/C21H25F3N2O3/c1-2-28-17-9-7-16(8-10-17)19-6-3-11-25(19)14-20(27)26(15-21(22,23)24)13-18-5-4-12-29-18/h4-5,7-10,12,19H,2-3,6,11,13-15H2,1H3. The molecule has 1 atom stereocenters. The third kappa shape index (κ3) is 6.00. The van der Waals surface area contributed by atoms with Gasteiger partial charge in [0.1, 0.15) is 18.1 Å². The molecule has 0 spiro atoms. The van der Waals surface area contributed by atoms with E-state index in [1.54, 1.807) is 12.1 Å². The first-order chi connectivity index (χ1) is 13.9. The molecule has 1 unspecified atom stereocenters. The van der Waals surface area contributed by atoms with Crippen LogP contribution in [0.15, 0.2) is 47.1 Å². The van der Waals surface area contributed by atoms with Crippen LogP contribution in [-0.2, 0) is 11.3 Å². The van der Waals surface area contributed by atoms with Gasteiger partial charge in [-0.1, -0.05) is 12.1 Å². The summed E-state index contributed by atoms with van der Waals surface area (Å²) in [5.74, 6) is 0.537. The minimum absolute atomic E-state index is 0.00553. The second-order valence-electron chi connectivity index (χ2n) is 7.07. The smallest absolute Gasteiger partial charge is 0.406 e. The number of rotatable bonds is 8. The van der Waals surface area contributed by atoms with Crippen LogP contribution in [0.4, 0.5) is 13.2 Å². The molecule has 5 nitrogen and oxygen atoms in total. The number of nitrogens with zero attached hydrogens (tertiary/aromatic N) is 2. The molecule has 29 heavy (non-hydrogen) atoms. The summed E-state index contributed by atoms with van der Waals surface area (Å²) in [5, 5.41) is 0. The highest BCUT2D eigenvalue weighted by molar-refractivity contribution is 5.78. The minimum Gasteiger partial charge on any atom is -0.494 e. The molecule has 1 aromatic carbocycles. The largest absolute Gasteiger partial charge is 0.494 e. The molecule has 158 valence electrons. The molecular weight excluding hydrogens is 385 g/mol. The zero-order valence-corrected chi connectivity index (χ0v) is 16.3. The molecule has 8 heteroatoms. The van der Waals surface area contributed by atoms with Gasteiger partial charge in [-0.3, -0.25) is 9.69 Å². The van der Waals surface area contributed by atoms with Crippen molar-refractivity contribution < 1.29 is 27.1 Å². The van der Waals surface area contributed by atoms with Gasteiger partial charge in [0.15, 0.2) is 0 Å². The molecule has 0 N–H and O–H groups in total. The minimum atomic E-state index is -4.47. The van der Waals surface area contributed by atoms with Gasteiger partial charge in [-0.05, 0) is 56.1 Å². The number of carbonyl (C=O) groups excluding carboxylic acids is 1. The number of carbonyl (C=O) groups is 1. The Morgan fingerprint density at radius 1 is 1.28 bits per heavy atom. The third-order valence-electron chi connectivity index (χ3n) is 4.93. The van der Waals surface area contributed by atoms with Crippen LogP contribution in [0.2, 0.25) is 0 Å². The van der Waals surface area contributed by atoms with Crippen molar-refractivity contribution in [3.8, 4) is 5.75 Å². The average molecular weight is 410 g/mol. The molecule has 3 rings (SSSR count). The summed E-state index contributed by atoms with van der Waals surface area (Å²) in [5.41, 5.74) is 1.03. The molecule has 1 saturated heterocycles. The number of benzene rings is 1. The molecule has 0 aliphatic carbocycles. The Hall–Kier alpha value is -2.48. The van der Waals surface area contributed by atoms with Crippen LogP contribution in [0, 0.1) is 0 Å². The normalized spacial score (nSPS) is 17.4. The van der Waals surface area contributed by atoms with Crippen LogP contribution in [0.1, 0.15) is 37.1 Å². The molecule has 1 fully saturated rings. The molecule has 1 aromatic heterocycles. The maximum atomic E-state index is 13.0. The number of alkyl halides is 3. The fourth-order valence-electron chi connectivity index (χ4n) is 3.66. The lowest BCUT2D eigenvalue weighted by atomic mass is 10.0. The Balaban J connectivity index is 1.68. The summed E-state index contributed by atoms with van der Waals surface area (Å²) in [4.78, 5) is 15.5. The van der Waals surface area contributed by atoms with Gasteiger partial charge in [0.25, 0.3) is 0 Å². The Morgan fingerprint density at radius 3 is 2.66 bits per heavy atom. The fourth-order valence-corrected chi connectivity index (χ4v) is 3.66. The van der Waals surface area contributed by atoms with E-state index < -0.39 is 18.6 Å². The van der Waals surface area contributed by atoms with Crippen LogP contribution < -0.4 is 4.74 Å². The molecule has 2 heterocycles. The van der Waals surface area contributed by atoms with Gasteiger partial charge in [0.05, 0.1) is 26.0 Å². The molecule has 1 aliphatic heterocycles. The summed E-state index contributed by atoms with van der Waals surface area (Å²) < 4.78 is 49.6. The lowest BCUT2D eigenvalue weighted by Crippen LogP contribution is -2.44. The van der Waals surface area contributed by atoms with Crippen LogP contribution >= 0.6 is 0 Å². The summed E-state index contributed by atoms with van der Waals surface area (Å²) in [6.07, 6.45) is -1.34. The van der Waals surface area contributed by atoms with Gasteiger partial charge < -0.3 is 14.1 Å². The monoisotopic (exact) mass is 410 g/mol. The van der Waals surface area contributed by atoms with E-state index in [0.29, 0.717) is 18.9 Å². The van der Waals surface area contributed by atoms with Gasteiger partial charge in [0, 0.05) is 6.04 Å². The maximum absolute atomic E-state index is 13.0. The van der Waals surface area contributed by atoms with Crippen LogP contribution in [0.5, 0.6) is 5.75 Å². The molecule has 1 aliphatic rings. The fraction of sp³-hybridized carbons (Fsp3) is 0.476. The first-order valence-corrected chi connectivity index (χ1v) is 9.69. The van der Waals surface area contributed by atoms with E-state index in [4.69, 9.17) is 9.15 Å². The van der Waals surface area contributed by atoms with E-state index in [1.807, 2.05) is 36.1 Å². The van der Waals surface area contributed by atoms with E-state index in [2.05, 4.69) is 0 Å². The number of hydrogen-bond donors (Lipinski definition) is 0. The first kappa shape index (κ1) is 21.2. The van der Waals surface area contributed by atoms with E-state index >= 15 is 0 Å². The van der Waals surface area contributed by atoms with Gasteiger partial charge in [-0.2, -0.15) is 13.2 Å². The van der Waals surface area contributed by atoms with E-state index in [9.17, 15) is 18.0 Å². The molecule has 0 radical (unpaired) electrons. The summed E-state index contributed by atoms with van der Waals surface area (Å²) in [7, 11) is 0. The lowest BCUT2D eigenvalue weighted by Gasteiger charge is -2.29. The van der Waals surface area contributed by atoms with E-state index in [1.165, 1.54) is 6.26 Å². The predicted octanol–water partition coefficient (Wildman–Crippen LogP) is 4.41. The van der Waals surface area contributed by atoms with Crippen LogP contribution in [0.25, 0.3) is 0 Å². The summed E-state index contributed by atoms with van der Waals surface area (Å²) >= 11 is 0. The third-order valence-corrected chi connectivity index (χ3v) is 4.93. The van der Waals surface area contributed by atoms with E-state index in [-0.39, 0.29) is 19.1 Å². The highest BCUT2D eigenvalue weighted by atomic mass is 19.4. The highest BCUT2D eigenvalue weighted by Gasteiger charge is 2.35. The number of halogens is 3. The Kier molecular flexibility index (Phi) is 6.84. The number of amides is 1. The number of ether oxygens (including phenoxy) is 1. The number of furan rings is 1. The zero-order chi connectivity index (χ0) is 20.9. The van der Waals surface area contributed by atoms with Crippen molar-refractivity contribution in [2.24, 2.45) is 0 Å². The molecular formula is C21H25F3N2O3. The summed E-state index contributed by atoms with van der Waals surface area (Å²) in [6, 6.07) is 10.8. The Labute approximate surface area is 168 Å². The second kappa shape index (κ2) is 9.35. The Morgan fingerprint density at radius 2 is 2.03 bits per heavy atom. The quantitative estimate of drug-likeness (QED) is 0.647. The van der Waals surface area contributed by atoms with Gasteiger partial charge in [-0.25, -0.2) is 0 Å². The zero-order valence-electron chi connectivity index (χ0n) is 16.3. The van der Waals surface area contributed by atoms with Crippen molar-refractivity contribution >= 4 is 5.91 Å². The molecule has 0 saturated carbocycles. The van der Waals surface area contributed by atoms with Gasteiger partial charge in [0.2, 0.25) is 5.91 Å². The average Bonchev–Trinajstić information content (AvgIpc) is 3.33. The SMILES string of the molecule is CCOc1ccc(C2CCCN2CC(=O)N(Cc2ccco2)CC(F)(F)F)cc1. The van der Waals surface area contributed by atoms with E-state index in [0.717, 1.165) is 29.1 Å². The van der Waals surface area contributed by atoms with Crippen molar-refractivity contribution in [2.75, 3.05) is 26.2 Å². The number of likely N-dealkylation sites (tertiary alicyclic amines) is 1. The lowest BCUT2D eigenvalue weighted by molar-refractivity contribution is -0.163. The van der Waals surface area contributed by atoms with Crippen molar-refractivity contribution in [3.63, 3.8) is 0 Å². The van der Waals surface area contributed by atoms with Crippen LogP contribution in [-0.4, -0.2) is 48.1 Å². The molecule has 0 bridgehead atoms. The molecule has 1 amide bonds. The topological polar surface area (TPSA) is 45.9 Å². The van der Waals surface area contributed by atoms with Gasteiger partial charge in [-0.15, -0.1) is 0 Å². The molecule has 2 aromatic rings. The van der Waals surface area contributed by atoms with Crippen LogP contribution in [0.3, 0.4) is 0 Å². The number of hydrogen-bond acceptors (Lipinski definition) is 4.